The second-order valence-electron chi connectivity index (χ2n) is 9.67. The van der Waals surface area contributed by atoms with Gasteiger partial charge in [0.25, 0.3) is 0 Å². The standard InChI is InChI=1S/C20H28O6/c1-9(2)14(22)13-15(23)19-8-11(18(5,6)25)17(3,4)10(19)7-12(21)20(19,26)16(13)24/h9-11,23,25-26H,7-8H2,1-6H3/t10?,11?,19?,20-/m0/s1. The summed E-state index contributed by atoms with van der Waals surface area (Å²) in [6.45, 7) is 10.3. The number of carbonyl (C=O) groups is 3. The quantitative estimate of drug-likeness (QED) is 0.519. The third-order valence-electron chi connectivity index (χ3n) is 7.19. The first-order chi connectivity index (χ1) is 11.6. The highest BCUT2D eigenvalue weighted by atomic mass is 16.3. The van der Waals surface area contributed by atoms with E-state index in [1.165, 1.54) is 0 Å². The summed E-state index contributed by atoms with van der Waals surface area (Å²) in [4.78, 5) is 38.3. The Morgan fingerprint density at radius 2 is 1.77 bits per heavy atom. The molecular formula is C20H28O6. The predicted molar refractivity (Wildman–Crippen MR) is 93.2 cm³/mol. The summed E-state index contributed by atoms with van der Waals surface area (Å²) in [7, 11) is 0. The maximum Gasteiger partial charge on any atom is 0.210 e. The smallest absolute Gasteiger partial charge is 0.210 e. The van der Waals surface area contributed by atoms with Crippen LogP contribution >= 0.6 is 0 Å². The van der Waals surface area contributed by atoms with Crippen molar-refractivity contribution in [3.63, 3.8) is 0 Å². The summed E-state index contributed by atoms with van der Waals surface area (Å²) < 4.78 is 0. The van der Waals surface area contributed by atoms with Crippen molar-refractivity contribution >= 4 is 17.3 Å². The second-order valence-corrected chi connectivity index (χ2v) is 9.67. The molecule has 3 unspecified atom stereocenters. The monoisotopic (exact) mass is 364 g/mol. The normalized spacial score (nSPS) is 39.0. The van der Waals surface area contributed by atoms with Crippen molar-refractivity contribution in [1.82, 2.24) is 0 Å². The molecule has 0 heterocycles. The molecule has 6 nitrogen and oxygen atoms in total. The Kier molecular flexibility index (Phi) is 3.73. The molecule has 0 amide bonds. The van der Waals surface area contributed by atoms with E-state index >= 15 is 0 Å². The molecule has 0 aromatic carbocycles. The molecule has 0 saturated heterocycles. The minimum Gasteiger partial charge on any atom is -0.511 e. The number of hydrogen-bond donors (Lipinski definition) is 3. The highest BCUT2D eigenvalue weighted by Crippen LogP contribution is 2.73. The van der Waals surface area contributed by atoms with Crippen LogP contribution in [0, 0.1) is 28.6 Å². The molecule has 0 radical (unpaired) electrons. The minimum atomic E-state index is -2.42. The molecule has 2 fully saturated rings. The van der Waals surface area contributed by atoms with Gasteiger partial charge in [0.15, 0.2) is 17.2 Å². The van der Waals surface area contributed by atoms with Gasteiger partial charge >= 0.3 is 0 Å². The Bertz CT molecular complexity index is 753. The van der Waals surface area contributed by atoms with Crippen LogP contribution in [0.1, 0.15) is 54.4 Å². The van der Waals surface area contributed by atoms with E-state index in [9.17, 15) is 29.7 Å². The summed E-state index contributed by atoms with van der Waals surface area (Å²) in [5.74, 6) is -4.11. The fourth-order valence-corrected chi connectivity index (χ4v) is 5.98. The van der Waals surface area contributed by atoms with Crippen molar-refractivity contribution in [1.29, 1.82) is 0 Å². The highest BCUT2D eigenvalue weighted by Gasteiger charge is 2.81. The third-order valence-corrected chi connectivity index (χ3v) is 7.19. The number of Topliss-reactive ketones (excluding diaryl/α,β-unsaturated/α-hetero) is 3. The van der Waals surface area contributed by atoms with E-state index < -0.39 is 62.5 Å². The van der Waals surface area contributed by atoms with E-state index in [0.29, 0.717) is 0 Å². The Morgan fingerprint density at radius 3 is 2.23 bits per heavy atom. The lowest BCUT2D eigenvalue weighted by atomic mass is 9.67. The molecule has 26 heavy (non-hydrogen) atoms. The number of aliphatic hydroxyl groups is 3. The van der Waals surface area contributed by atoms with Crippen molar-refractivity contribution in [2.75, 3.05) is 0 Å². The molecule has 0 aliphatic heterocycles. The first-order valence-electron chi connectivity index (χ1n) is 9.15. The van der Waals surface area contributed by atoms with Gasteiger partial charge in [-0.15, -0.1) is 0 Å². The number of aliphatic hydroxyl groups excluding tert-OH is 1. The van der Waals surface area contributed by atoms with Crippen LogP contribution in [-0.4, -0.2) is 43.9 Å². The SMILES string of the molecule is CC(C)C(=O)C1=C(O)C23CC(C(C)(C)O)C(C)(C)C2CC(=O)[C@]3(O)C1=O. The summed E-state index contributed by atoms with van der Waals surface area (Å²) >= 11 is 0. The van der Waals surface area contributed by atoms with Gasteiger partial charge in [0.2, 0.25) is 5.78 Å². The van der Waals surface area contributed by atoms with Crippen LogP contribution in [0.3, 0.4) is 0 Å². The van der Waals surface area contributed by atoms with E-state index in [4.69, 9.17) is 0 Å². The topological polar surface area (TPSA) is 112 Å². The van der Waals surface area contributed by atoms with Crippen LogP contribution in [0.2, 0.25) is 0 Å². The number of ketones is 3. The zero-order valence-electron chi connectivity index (χ0n) is 16.2. The number of hydrogen-bond acceptors (Lipinski definition) is 6. The summed E-state index contributed by atoms with van der Waals surface area (Å²) in [5.41, 5.74) is -6.15. The molecule has 1 spiro atoms. The molecule has 0 aromatic heterocycles. The second kappa shape index (κ2) is 5.04. The molecule has 0 bridgehead atoms. The molecule has 0 aromatic rings. The van der Waals surface area contributed by atoms with Crippen molar-refractivity contribution in [2.24, 2.45) is 28.6 Å². The van der Waals surface area contributed by atoms with Crippen LogP contribution in [0.4, 0.5) is 0 Å². The fourth-order valence-electron chi connectivity index (χ4n) is 5.98. The first kappa shape index (κ1) is 19.2. The van der Waals surface area contributed by atoms with E-state index in [2.05, 4.69) is 0 Å². The molecule has 3 N–H and O–H groups in total. The van der Waals surface area contributed by atoms with Crippen molar-refractivity contribution in [3.05, 3.63) is 11.3 Å². The van der Waals surface area contributed by atoms with Gasteiger partial charge in [-0.3, -0.25) is 14.4 Å². The molecule has 4 atom stereocenters. The van der Waals surface area contributed by atoms with Gasteiger partial charge in [0, 0.05) is 12.3 Å². The average Bonchev–Trinajstić information content (AvgIpc) is 2.94. The van der Waals surface area contributed by atoms with Gasteiger partial charge in [-0.1, -0.05) is 27.7 Å². The summed E-state index contributed by atoms with van der Waals surface area (Å²) in [6.07, 6.45) is 0.0118. The molecule has 6 heteroatoms. The van der Waals surface area contributed by atoms with Crippen LogP contribution in [-0.2, 0) is 14.4 Å². The molecule has 3 rings (SSSR count). The lowest BCUT2D eigenvalue weighted by Gasteiger charge is -2.39. The van der Waals surface area contributed by atoms with Crippen molar-refractivity contribution in [2.45, 2.75) is 65.6 Å². The van der Waals surface area contributed by atoms with Gasteiger partial charge in [0.1, 0.15) is 11.3 Å². The molecule has 3 aliphatic carbocycles. The highest BCUT2D eigenvalue weighted by molar-refractivity contribution is 6.33. The van der Waals surface area contributed by atoms with Crippen molar-refractivity contribution in [3.8, 4) is 0 Å². The van der Waals surface area contributed by atoms with Gasteiger partial charge in [-0.25, -0.2) is 0 Å². The van der Waals surface area contributed by atoms with Gasteiger partial charge in [-0.2, -0.15) is 0 Å². The lowest BCUT2D eigenvalue weighted by molar-refractivity contribution is -0.154. The van der Waals surface area contributed by atoms with Crippen LogP contribution in [0.25, 0.3) is 0 Å². The fraction of sp³-hybridized carbons (Fsp3) is 0.750. The Labute approximate surface area is 153 Å². The Hall–Kier alpha value is -1.53. The van der Waals surface area contributed by atoms with E-state index in [0.717, 1.165) is 0 Å². The molecule has 144 valence electrons. The maximum absolute atomic E-state index is 13.0. The molecule has 2 saturated carbocycles. The van der Waals surface area contributed by atoms with E-state index in [1.807, 2.05) is 13.8 Å². The predicted octanol–water partition coefficient (Wildman–Crippen LogP) is 1.73. The Morgan fingerprint density at radius 1 is 1.23 bits per heavy atom. The van der Waals surface area contributed by atoms with Gasteiger partial charge < -0.3 is 15.3 Å². The van der Waals surface area contributed by atoms with E-state index in [-0.39, 0.29) is 18.8 Å². The number of rotatable bonds is 3. The van der Waals surface area contributed by atoms with Gasteiger partial charge in [0.05, 0.1) is 11.0 Å². The van der Waals surface area contributed by atoms with Crippen LogP contribution < -0.4 is 0 Å². The van der Waals surface area contributed by atoms with Crippen molar-refractivity contribution < 1.29 is 29.7 Å². The molecule has 3 aliphatic rings. The van der Waals surface area contributed by atoms with Gasteiger partial charge in [-0.05, 0) is 37.5 Å². The average molecular weight is 364 g/mol. The van der Waals surface area contributed by atoms with Crippen LogP contribution in [0.5, 0.6) is 0 Å². The minimum absolute atomic E-state index is 0.0605. The Balaban J connectivity index is 2.29. The third kappa shape index (κ3) is 1.87. The lowest BCUT2D eigenvalue weighted by Crippen LogP contribution is -2.53. The zero-order valence-corrected chi connectivity index (χ0v) is 16.2. The first-order valence-corrected chi connectivity index (χ1v) is 9.15. The molecular weight excluding hydrogens is 336 g/mol. The number of carbonyl (C=O) groups excluding carboxylic acids is 3. The van der Waals surface area contributed by atoms with E-state index in [1.54, 1.807) is 27.7 Å². The maximum atomic E-state index is 13.0. The van der Waals surface area contributed by atoms with Crippen LogP contribution in [0.15, 0.2) is 11.3 Å². The zero-order chi connectivity index (χ0) is 20.0. The summed E-state index contributed by atoms with van der Waals surface area (Å²) in [5, 5.41) is 33.0. The largest absolute Gasteiger partial charge is 0.511 e. The summed E-state index contributed by atoms with van der Waals surface area (Å²) in [6, 6.07) is 0.